The monoisotopic (exact) mass is 383 g/mol. The van der Waals surface area contributed by atoms with Gasteiger partial charge in [0.15, 0.2) is 0 Å². The molecule has 0 saturated carbocycles. The van der Waals surface area contributed by atoms with Crippen molar-refractivity contribution in [3.8, 4) is 11.3 Å². The molecule has 7 nitrogen and oxygen atoms in total. The van der Waals surface area contributed by atoms with E-state index in [1.165, 1.54) is 12.1 Å². The van der Waals surface area contributed by atoms with Gasteiger partial charge in [0.1, 0.15) is 5.82 Å². The van der Waals surface area contributed by atoms with Gasteiger partial charge in [-0.05, 0) is 31.3 Å². The predicted molar refractivity (Wildman–Crippen MR) is 103 cm³/mol. The summed E-state index contributed by atoms with van der Waals surface area (Å²) in [5.74, 6) is -0.514. The molecule has 1 aromatic carbocycles. The molecule has 1 fully saturated rings. The Bertz CT molecular complexity index is 1010. The molecule has 0 unspecified atom stereocenters. The summed E-state index contributed by atoms with van der Waals surface area (Å²) in [6.45, 7) is 3.26. The van der Waals surface area contributed by atoms with Crippen molar-refractivity contribution in [1.82, 2.24) is 24.6 Å². The van der Waals surface area contributed by atoms with Crippen molar-refractivity contribution in [1.29, 1.82) is 0 Å². The molecule has 3 aromatic rings. The highest BCUT2D eigenvalue weighted by molar-refractivity contribution is 6.07. The Labute approximate surface area is 162 Å². The maximum Gasteiger partial charge on any atom is 0.254 e. The number of piperazine rings is 1. The van der Waals surface area contributed by atoms with Crippen LogP contribution in [0, 0.1) is 5.82 Å². The molecule has 1 N–H and O–H groups in total. The maximum atomic E-state index is 13.9. The van der Waals surface area contributed by atoms with E-state index in [1.54, 1.807) is 34.1 Å². The third-order valence-electron chi connectivity index (χ3n) is 5.05. The van der Waals surface area contributed by atoms with Crippen molar-refractivity contribution >= 4 is 16.8 Å². The number of halogens is 1. The molecule has 1 saturated heterocycles. The van der Waals surface area contributed by atoms with Gasteiger partial charge in [-0.3, -0.25) is 9.48 Å². The first-order valence-electron chi connectivity index (χ1n) is 9.27. The minimum absolute atomic E-state index is 0.0152. The van der Waals surface area contributed by atoms with Crippen LogP contribution in [0.1, 0.15) is 10.4 Å². The summed E-state index contributed by atoms with van der Waals surface area (Å²) in [4.78, 5) is 21.8. The van der Waals surface area contributed by atoms with Crippen molar-refractivity contribution in [3.63, 3.8) is 0 Å². The number of nitrogens with zero attached hydrogens (tertiary/aromatic N) is 5. The lowest BCUT2D eigenvalue weighted by atomic mass is 10.0. The lowest BCUT2D eigenvalue weighted by Gasteiger charge is -2.32. The zero-order valence-electron chi connectivity index (χ0n) is 15.7. The number of fused-ring (bicyclic) bond motifs is 1. The van der Waals surface area contributed by atoms with Crippen LogP contribution in [0.3, 0.4) is 0 Å². The normalized spacial score (nSPS) is 15.3. The van der Waals surface area contributed by atoms with Gasteiger partial charge in [-0.2, -0.15) is 5.10 Å². The first-order chi connectivity index (χ1) is 13.5. The summed E-state index contributed by atoms with van der Waals surface area (Å²) >= 11 is 0. The van der Waals surface area contributed by atoms with Crippen LogP contribution < -0.4 is 0 Å². The minimum Gasteiger partial charge on any atom is -0.394 e. The Morgan fingerprint density at radius 3 is 2.75 bits per heavy atom. The lowest BCUT2D eigenvalue weighted by molar-refractivity contribution is 0.0666. The number of amides is 1. The molecule has 1 amide bonds. The van der Waals surface area contributed by atoms with Crippen LogP contribution in [-0.2, 0) is 6.54 Å². The number of carbonyl (C=O) groups excluding carboxylic acids is 1. The number of pyridine rings is 1. The van der Waals surface area contributed by atoms with Gasteiger partial charge in [0.05, 0.1) is 36.1 Å². The molecule has 28 heavy (non-hydrogen) atoms. The Morgan fingerprint density at radius 2 is 2.00 bits per heavy atom. The molecule has 0 radical (unpaired) electrons. The summed E-state index contributed by atoms with van der Waals surface area (Å²) in [7, 11) is 2.03. The average molecular weight is 383 g/mol. The molecule has 4 rings (SSSR count). The van der Waals surface area contributed by atoms with Gasteiger partial charge in [0.2, 0.25) is 0 Å². The smallest absolute Gasteiger partial charge is 0.254 e. The highest BCUT2D eigenvalue weighted by Crippen LogP contribution is 2.26. The van der Waals surface area contributed by atoms with E-state index in [1.807, 2.05) is 7.05 Å². The van der Waals surface area contributed by atoms with Crippen molar-refractivity contribution in [2.24, 2.45) is 0 Å². The fourth-order valence-corrected chi connectivity index (χ4v) is 3.42. The van der Waals surface area contributed by atoms with Gasteiger partial charge < -0.3 is 14.9 Å². The standard InChI is InChI=1S/C20H22FN5O2/c1-24-4-6-25(7-5-24)20(28)17-11-19(14-12-22-26(13-14)8-9-27)23-18-3-2-15(21)10-16(17)18/h2-3,10-13,27H,4-9H2,1H3. The van der Waals surface area contributed by atoms with Crippen LogP contribution in [0.2, 0.25) is 0 Å². The number of hydrogen-bond acceptors (Lipinski definition) is 5. The van der Waals surface area contributed by atoms with E-state index < -0.39 is 5.82 Å². The Hall–Kier alpha value is -2.84. The molecule has 8 heteroatoms. The quantitative estimate of drug-likeness (QED) is 0.741. The fraction of sp³-hybridized carbons (Fsp3) is 0.350. The van der Waals surface area contributed by atoms with E-state index in [2.05, 4.69) is 15.0 Å². The average Bonchev–Trinajstić information content (AvgIpc) is 3.16. The van der Waals surface area contributed by atoms with Crippen molar-refractivity contribution in [2.45, 2.75) is 6.54 Å². The summed E-state index contributed by atoms with van der Waals surface area (Å²) in [6, 6.07) is 6.01. The second-order valence-electron chi connectivity index (χ2n) is 7.03. The zero-order valence-corrected chi connectivity index (χ0v) is 15.7. The molecule has 0 aliphatic carbocycles. The number of rotatable bonds is 4. The molecule has 0 atom stereocenters. The van der Waals surface area contributed by atoms with E-state index in [4.69, 9.17) is 5.11 Å². The zero-order chi connectivity index (χ0) is 19.7. The SMILES string of the molecule is CN1CCN(C(=O)c2cc(-c3cnn(CCO)c3)nc3ccc(F)cc23)CC1. The van der Waals surface area contributed by atoms with Gasteiger partial charge in [0, 0.05) is 43.3 Å². The third-order valence-corrected chi connectivity index (χ3v) is 5.05. The molecule has 1 aliphatic heterocycles. The summed E-state index contributed by atoms with van der Waals surface area (Å²) < 4.78 is 15.5. The highest BCUT2D eigenvalue weighted by Gasteiger charge is 2.23. The first-order valence-corrected chi connectivity index (χ1v) is 9.27. The number of benzene rings is 1. The number of aromatic nitrogens is 3. The van der Waals surface area contributed by atoms with Crippen LogP contribution in [-0.4, -0.2) is 75.4 Å². The van der Waals surface area contributed by atoms with Gasteiger partial charge >= 0.3 is 0 Å². The third kappa shape index (κ3) is 3.61. The van der Waals surface area contributed by atoms with E-state index in [0.29, 0.717) is 41.8 Å². The number of hydrogen-bond donors (Lipinski definition) is 1. The topological polar surface area (TPSA) is 74.5 Å². The van der Waals surface area contributed by atoms with Crippen molar-refractivity contribution < 1.29 is 14.3 Å². The Kier molecular flexibility index (Phi) is 5.06. The molecule has 0 bridgehead atoms. The van der Waals surface area contributed by atoms with E-state index in [-0.39, 0.29) is 12.5 Å². The largest absolute Gasteiger partial charge is 0.394 e. The van der Waals surface area contributed by atoms with E-state index in [0.717, 1.165) is 18.7 Å². The van der Waals surface area contributed by atoms with Crippen LogP contribution in [0.5, 0.6) is 0 Å². The van der Waals surface area contributed by atoms with Crippen molar-refractivity contribution in [2.75, 3.05) is 39.8 Å². The predicted octanol–water partition coefficient (Wildman–Crippen LogP) is 1.62. The second kappa shape index (κ2) is 7.65. The first kappa shape index (κ1) is 18.5. The van der Waals surface area contributed by atoms with Crippen LogP contribution >= 0.6 is 0 Å². The van der Waals surface area contributed by atoms with Crippen LogP contribution in [0.25, 0.3) is 22.2 Å². The second-order valence-corrected chi connectivity index (χ2v) is 7.03. The lowest BCUT2D eigenvalue weighted by Crippen LogP contribution is -2.47. The molecule has 146 valence electrons. The number of carbonyl (C=O) groups is 1. The van der Waals surface area contributed by atoms with Gasteiger partial charge in [-0.25, -0.2) is 9.37 Å². The number of aliphatic hydroxyl groups excluding tert-OH is 1. The summed E-state index contributed by atoms with van der Waals surface area (Å²) in [5.41, 5.74) is 2.35. The maximum absolute atomic E-state index is 13.9. The van der Waals surface area contributed by atoms with Crippen LogP contribution in [0.4, 0.5) is 4.39 Å². The van der Waals surface area contributed by atoms with Gasteiger partial charge in [-0.15, -0.1) is 0 Å². The van der Waals surface area contributed by atoms with Gasteiger partial charge in [-0.1, -0.05) is 0 Å². The summed E-state index contributed by atoms with van der Waals surface area (Å²) in [5, 5.41) is 13.8. The van der Waals surface area contributed by atoms with Crippen molar-refractivity contribution in [3.05, 3.63) is 48.0 Å². The molecule has 3 heterocycles. The number of aliphatic hydroxyl groups is 1. The minimum atomic E-state index is -0.398. The highest BCUT2D eigenvalue weighted by atomic mass is 19.1. The number of likely N-dealkylation sites (N-methyl/N-ethyl adjacent to an activating group) is 1. The molecule has 1 aliphatic rings. The Morgan fingerprint density at radius 1 is 1.21 bits per heavy atom. The molecular formula is C20H22FN5O2. The Balaban J connectivity index is 1.78. The van der Waals surface area contributed by atoms with E-state index >= 15 is 0 Å². The van der Waals surface area contributed by atoms with Crippen LogP contribution in [0.15, 0.2) is 36.7 Å². The van der Waals surface area contributed by atoms with E-state index in [9.17, 15) is 9.18 Å². The summed E-state index contributed by atoms with van der Waals surface area (Å²) in [6.07, 6.45) is 3.43. The molecule has 0 spiro atoms. The van der Waals surface area contributed by atoms with Gasteiger partial charge in [0.25, 0.3) is 5.91 Å². The fourth-order valence-electron chi connectivity index (χ4n) is 3.42. The molecular weight excluding hydrogens is 361 g/mol. The molecule has 2 aromatic heterocycles.